The standard InChI is InChI=1S/C18H24N4O.HI/c1-14-6-8-16(9-7-14)23-12-11-21-18(19-3)22-13-17-15(2)5-4-10-20-17;/h4-10H,11-13H2,1-3H3,(H2,19,21,22);1H. The van der Waals surface area contributed by atoms with Gasteiger partial charge in [-0.15, -0.1) is 24.0 Å². The van der Waals surface area contributed by atoms with Crippen molar-refractivity contribution >= 4 is 29.9 Å². The fourth-order valence-electron chi connectivity index (χ4n) is 2.06. The Labute approximate surface area is 161 Å². The van der Waals surface area contributed by atoms with E-state index in [0.717, 1.165) is 23.0 Å². The van der Waals surface area contributed by atoms with Crippen LogP contribution in [-0.4, -0.2) is 31.1 Å². The van der Waals surface area contributed by atoms with Crippen molar-refractivity contribution in [1.29, 1.82) is 0 Å². The van der Waals surface area contributed by atoms with Gasteiger partial charge >= 0.3 is 0 Å². The Kier molecular flexibility index (Phi) is 9.14. The third-order valence-corrected chi connectivity index (χ3v) is 3.45. The van der Waals surface area contributed by atoms with Crippen LogP contribution in [-0.2, 0) is 6.54 Å². The summed E-state index contributed by atoms with van der Waals surface area (Å²) in [5, 5.41) is 6.48. The first-order valence-corrected chi connectivity index (χ1v) is 7.73. The van der Waals surface area contributed by atoms with Gasteiger partial charge in [-0.2, -0.15) is 0 Å². The van der Waals surface area contributed by atoms with Crippen LogP contribution in [0.5, 0.6) is 5.75 Å². The average Bonchev–Trinajstić information content (AvgIpc) is 2.57. The predicted molar refractivity (Wildman–Crippen MR) is 109 cm³/mol. The number of nitrogens with one attached hydrogen (secondary N) is 2. The number of nitrogens with zero attached hydrogens (tertiary/aromatic N) is 2. The van der Waals surface area contributed by atoms with E-state index in [0.29, 0.717) is 19.7 Å². The van der Waals surface area contributed by atoms with Crippen LogP contribution in [0.2, 0.25) is 0 Å². The van der Waals surface area contributed by atoms with Crippen LogP contribution in [0.4, 0.5) is 0 Å². The topological polar surface area (TPSA) is 58.5 Å². The fraction of sp³-hybridized carbons (Fsp3) is 0.333. The maximum Gasteiger partial charge on any atom is 0.191 e. The fourth-order valence-corrected chi connectivity index (χ4v) is 2.06. The van der Waals surface area contributed by atoms with Crippen LogP contribution in [0.25, 0.3) is 0 Å². The number of hydrogen-bond donors (Lipinski definition) is 2. The van der Waals surface area contributed by atoms with E-state index < -0.39 is 0 Å². The van der Waals surface area contributed by atoms with Gasteiger partial charge in [0.2, 0.25) is 0 Å². The average molecular weight is 440 g/mol. The maximum atomic E-state index is 5.68. The van der Waals surface area contributed by atoms with Crippen molar-refractivity contribution in [2.75, 3.05) is 20.2 Å². The molecule has 0 amide bonds. The molecule has 2 rings (SSSR count). The van der Waals surface area contributed by atoms with Crippen molar-refractivity contribution in [3.8, 4) is 5.75 Å². The molecular weight excluding hydrogens is 415 g/mol. The molecule has 24 heavy (non-hydrogen) atoms. The lowest BCUT2D eigenvalue weighted by atomic mass is 10.2. The number of hydrogen-bond acceptors (Lipinski definition) is 3. The van der Waals surface area contributed by atoms with Crippen molar-refractivity contribution < 1.29 is 4.74 Å². The number of halogens is 1. The van der Waals surface area contributed by atoms with Gasteiger partial charge in [-0.3, -0.25) is 9.98 Å². The largest absolute Gasteiger partial charge is 0.492 e. The summed E-state index contributed by atoms with van der Waals surface area (Å²) in [5.74, 6) is 1.62. The number of guanidine groups is 1. The highest BCUT2D eigenvalue weighted by molar-refractivity contribution is 14.0. The van der Waals surface area contributed by atoms with E-state index in [1.807, 2.05) is 30.3 Å². The molecule has 1 aromatic carbocycles. The van der Waals surface area contributed by atoms with Crippen LogP contribution in [0.15, 0.2) is 47.6 Å². The molecule has 130 valence electrons. The molecule has 0 saturated heterocycles. The summed E-state index contributed by atoms with van der Waals surface area (Å²) in [6.07, 6.45) is 1.80. The van der Waals surface area contributed by atoms with Crippen molar-refractivity contribution in [3.63, 3.8) is 0 Å². The minimum Gasteiger partial charge on any atom is -0.492 e. The van der Waals surface area contributed by atoms with Gasteiger partial charge in [0.05, 0.1) is 18.8 Å². The van der Waals surface area contributed by atoms with Gasteiger partial charge in [-0.05, 0) is 37.6 Å². The molecule has 0 aliphatic carbocycles. The molecule has 0 unspecified atom stereocenters. The number of benzene rings is 1. The number of pyridine rings is 1. The second-order valence-electron chi connectivity index (χ2n) is 5.28. The second-order valence-corrected chi connectivity index (χ2v) is 5.28. The molecule has 0 fully saturated rings. The maximum absolute atomic E-state index is 5.68. The molecule has 0 radical (unpaired) electrons. The Balaban J connectivity index is 0.00000288. The van der Waals surface area contributed by atoms with E-state index in [2.05, 4.69) is 40.5 Å². The lowest BCUT2D eigenvalue weighted by Crippen LogP contribution is -2.39. The molecule has 0 aliphatic rings. The van der Waals surface area contributed by atoms with Gasteiger partial charge in [-0.25, -0.2) is 0 Å². The van der Waals surface area contributed by atoms with Crippen molar-refractivity contribution in [2.45, 2.75) is 20.4 Å². The van der Waals surface area contributed by atoms with Gasteiger partial charge in [0.15, 0.2) is 5.96 Å². The number of aryl methyl sites for hydroxylation is 2. The summed E-state index contributed by atoms with van der Waals surface area (Å²) in [5.41, 5.74) is 3.41. The van der Waals surface area contributed by atoms with Gasteiger partial charge < -0.3 is 15.4 Å². The van der Waals surface area contributed by atoms with Crippen LogP contribution < -0.4 is 15.4 Å². The minimum atomic E-state index is 0. The van der Waals surface area contributed by atoms with Crippen molar-refractivity contribution in [2.24, 2.45) is 4.99 Å². The third kappa shape index (κ3) is 6.74. The molecule has 1 heterocycles. The SMILES string of the molecule is CN=C(NCCOc1ccc(C)cc1)NCc1ncccc1C.I. The van der Waals surface area contributed by atoms with E-state index in [1.165, 1.54) is 5.56 Å². The summed E-state index contributed by atoms with van der Waals surface area (Å²) >= 11 is 0. The second kappa shape index (κ2) is 10.9. The number of aliphatic imine (C=N–C) groups is 1. The molecule has 6 heteroatoms. The molecule has 0 saturated carbocycles. The number of ether oxygens (including phenoxy) is 1. The zero-order chi connectivity index (χ0) is 16.5. The first-order chi connectivity index (χ1) is 11.2. The predicted octanol–water partition coefficient (Wildman–Crippen LogP) is 3.06. The van der Waals surface area contributed by atoms with Crippen LogP contribution >= 0.6 is 24.0 Å². The molecule has 2 aromatic rings. The van der Waals surface area contributed by atoms with Gasteiger partial charge in [0.25, 0.3) is 0 Å². The summed E-state index contributed by atoms with van der Waals surface area (Å²) < 4.78 is 5.68. The van der Waals surface area contributed by atoms with Gasteiger partial charge in [0.1, 0.15) is 12.4 Å². The lowest BCUT2D eigenvalue weighted by Gasteiger charge is -2.13. The quantitative estimate of drug-likeness (QED) is 0.314. The van der Waals surface area contributed by atoms with E-state index in [-0.39, 0.29) is 24.0 Å². The molecule has 0 aliphatic heterocycles. The van der Waals surface area contributed by atoms with E-state index in [4.69, 9.17) is 4.74 Å². The van der Waals surface area contributed by atoms with Crippen LogP contribution in [0.1, 0.15) is 16.8 Å². The van der Waals surface area contributed by atoms with E-state index in [9.17, 15) is 0 Å². The molecule has 1 aromatic heterocycles. The van der Waals surface area contributed by atoms with Crippen LogP contribution in [0.3, 0.4) is 0 Å². The Morgan fingerprint density at radius 3 is 2.54 bits per heavy atom. The highest BCUT2D eigenvalue weighted by atomic mass is 127. The number of aromatic nitrogens is 1. The van der Waals surface area contributed by atoms with Crippen molar-refractivity contribution in [1.82, 2.24) is 15.6 Å². The highest BCUT2D eigenvalue weighted by Gasteiger charge is 2.01. The highest BCUT2D eigenvalue weighted by Crippen LogP contribution is 2.10. The first-order valence-electron chi connectivity index (χ1n) is 7.73. The molecule has 0 atom stereocenters. The molecule has 5 nitrogen and oxygen atoms in total. The Hall–Kier alpha value is -1.83. The Morgan fingerprint density at radius 1 is 1.12 bits per heavy atom. The van der Waals surface area contributed by atoms with Gasteiger partial charge in [-0.1, -0.05) is 23.8 Å². The minimum absolute atomic E-state index is 0. The van der Waals surface area contributed by atoms with Crippen LogP contribution in [0, 0.1) is 13.8 Å². The zero-order valence-electron chi connectivity index (χ0n) is 14.4. The summed E-state index contributed by atoms with van der Waals surface area (Å²) in [7, 11) is 1.75. The molecule has 0 spiro atoms. The molecular formula is C18H25IN4O. The summed E-state index contributed by atoms with van der Waals surface area (Å²) in [4.78, 5) is 8.56. The molecule has 0 bridgehead atoms. The van der Waals surface area contributed by atoms with E-state index >= 15 is 0 Å². The normalized spacial score (nSPS) is 10.7. The summed E-state index contributed by atoms with van der Waals surface area (Å²) in [6, 6.07) is 12.0. The molecule has 2 N–H and O–H groups in total. The van der Waals surface area contributed by atoms with E-state index in [1.54, 1.807) is 13.2 Å². The Morgan fingerprint density at radius 2 is 1.88 bits per heavy atom. The zero-order valence-corrected chi connectivity index (χ0v) is 16.7. The Bertz CT molecular complexity index is 644. The monoisotopic (exact) mass is 440 g/mol. The third-order valence-electron chi connectivity index (χ3n) is 3.45. The lowest BCUT2D eigenvalue weighted by molar-refractivity contribution is 0.322. The van der Waals surface area contributed by atoms with Crippen molar-refractivity contribution in [3.05, 3.63) is 59.4 Å². The summed E-state index contributed by atoms with van der Waals surface area (Å²) in [6.45, 7) is 6.01. The first kappa shape index (κ1) is 20.2. The number of rotatable bonds is 6. The van der Waals surface area contributed by atoms with Gasteiger partial charge in [0, 0.05) is 13.2 Å². The smallest absolute Gasteiger partial charge is 0.191 e.